The van der Waals surface area contributed by atoms with Gasteiger partial charge in [0.25, 0.3) is 5.91 Å². The Bertz CT molecular complexity index is 708. The number of halogens is 2. The normalized spacial score (nSPS) is 10.1. The Labute approximate surface area is 149 Å². The summed E-state index contributed by atoms with van der Waals surface area (Å²) in [5.41, 5.74) is 0.983. The molecule has 2 N–H and O–H groups in total. The number of amides is 2. The van der Waals surface area contributed by atoms with Gasteiger partial charge in [0, 0.05) is 17.6 Å². The first-order chi connectivity index (χ1) is 11.5. The van der Waals surface area contributed by atoms with Crippen LogP contribution in [-0.4, -0.2) is 25.0 Å². The summed E-state index contributed by atoms with van der Waals surface area (Å²) in [4.78, 5) is 23.4. The molecule has 2 rings (SSSR count). The highest BCUT2D eigenvalue weighted by molar-refractivity contribution is 6.34. The van der Waals surface area contributed by atoms with Crippen molar-refractivity contribution in [3.05, 3.63) is 64.1 Å². The van der Waals surface area contributed by atoms with Crippen LogP contribution in [0.3, 0.4) is 0 Å². The molecule has 0 saturated heterocycles. The van der Waals surface area contributed by atoms with E-state index >= 15 is 0 Å². The fourth-order valence-electron chi connectivity index (χ4n) is 1.82. The largest absolute Gasteiger partial charge is 0.482 e. The fourth-order valence-corrected chi connectivity index (χ4v) is 2.15. The number of ether oxygens (including phenoxy) is 1. The zero-order valence-corrected chi connectivity index (χ0v) is 14.2. The summed E-state index contributed by atoms with van der Waals surface area (Å²) in [7, 11) is 0. The van der Waals surface area contributed by atoms with Crippen LogP contribution in [0.1, 0.15) is 5.56 Å². The van der Waals surface area contributed by atoms with Crippen LogP contribution in [0.4, 0.5) is 0 Å². The van der Waals surface area contributed by atoms with E-state index in [-0.39, 0.29) is 19.1 Å². The highest BCUT2D eigenvalue weighted by atomic mass is 35.5. The topological polar surface area (TPSA) is 67.4 Å². The Morgan fingerprint density at radius 1 is 0.958 bits per heavy atom. The molecule has 0 aliphatic carbocycles. The number of nitrogens with one attached hydrogen (secondary N) is 2. The number of rotatable bonds is 7. The number of hydrogen-bond donors (Lipinski definition) is 2. The maximum absolute atomic E-state index is 11.7. The maximum atomic E-state index is 11.7. The number of carbonyl (C=O) groups is 2. The number of hydrogen-bond acceptors (Lipinski definition) is 3. The van der Waals surface area contributed by atoms with Gasteiger partial charge >= 0.3 is 0 Å². The third-order valence-electron chi connectivity index (χ3n) is 3.03. The van der Waals surface area contributed by atoms with Crippen LogP contribution >= 0.6 is 23.2 Å². The van der Waals surface area contributed by atoms with Gasteiger partial charge in [-0.3, -0.25) is 9.59 Å². The SMILES string of the molecule is O=C(CNC(=O)COc1cc(Cl)ccc1Cl)NCc1ccccc1. The smallest absolute Gasteiger partial charge is 0.258 e. The van der Waals surface area contributed by atoms with Crippen molar-refractivity contribution >= 4 is 35.0 Å². The average Bonchev–Trinajstić information content (AvgIpc) is 2.59. The van der Waals surface area contributed by atoms with Gasteiger partial charge in [0.05, 0.1) is 11.6 Å². The monoisotopic (exact) mass is 366 g/mol. The second-order valence-corrected chi connectivity index (χ2v) is 5.75. The van der Waals surface area contributed by atoms with E-state index in [2.05, 4.69) is 10.6 Å². The minimum atomic E-state index is -0.430. The quantitative estimate of drug-likeness (QED) is 0.791. The van der Waals surface area contributed by atoms with Gasteiger partial charge in [-0.05, 0) is 17.7 Å². The van der Waals surface area contributed by atoms with Gasteiger partial charge in [-0.25, -0.2) is 0 Å². The van der Waals surface area contributed by atoms with Crippen molar-refractivity contribution in [3.63, 3.8) is 0 Å². The second kappa shape index (κ2) is 9.15. The van der Waals surface area contributed by atoms with Crippen molar-refractivity contribution < 1.29 is 14.3 Å². The average molecular weight is 367 g/mol. The fraction of sp³-hybridized carbons (Fsp3) is 0.176. The minimum absolute atomic E-state index is 0.127. The summed E-state index contributed by atoms with van der Waals surface area (Å²) in [6, 6.07) is 14.2. The van der Waals surface area contributed by atoms with Crippen molar-refractivity contribution in [3.8, 4) is 5.75 Å². The summed E-state index contributed by atoms with van der Waals surface area (Å²) in [5.74, 6) is -0.401. The van der Waals surface area contributed by atoms with E-state index < -0.39 is 5.91 Å². The molecule has 0 aromatic heterocycles. The first-order valence-corrected chi connectivity index (χ1v) is 7.95. The standard InChI is InChI=1S/C17H16Cl2N2O3/c18-13-6-7-14(19)15(8-13)24-11-17(23)21-10-16(22)20-9-12-4-2-1-3-5-12/h1-8H,9-11H2,(H,20,22)(H,21,23). The highest BCUT2D eigenvalue weighted by Crippen LogP contribution is 2.27. The summed E-state index contributed by atoms with van der Waals surface area (Å²) in [6.45, 7) is 0.0223. The van der Waals surface area contributed by atoms with Crippen molar-refractivity contribution in [2.24, 2.45) is 0 Å². The molecule has 0 bridgehead atoms. The molecule has 0 unspecified atom stereocenters. The van der Waals surface area contributed by atoms with Crippen LogP contribution in [0.15, 0.2) is 48.5 Å². The van der Waals surface area contributed by atoms with E-state index in [1.54, 1.807) is 12.1 Å². The maximum Gasteiger partial charge on any atom is 0.258 e. The van der Waals surface area contributed by atoms with Crippen molar-refractivity contribution in [1.29, 1.82) is 0 Å². The van der Waals surface area contributed by atoms with Crippen molar-refractivity contribution in [2.45, 2.75) is 6.54 Å². The van der Waals surface area contributed by atoms with Crippen LogP contribution in [-0.2, 0) is 16.1 Å². The van der Waals surface area contributed by atoms with E-state index in [1.165, 1.54) is 6.07 Å². The molecule has 2 aromatic carbocycles. The van der Waals surface area contributed by atoms with Gasteiger partial charge in [-0.1, -0.05) is 53.5 Å². The summed E-state index contributed by atoms with van der Waals surface area (Å²) < 4.78 is 5.28. The van der Waals surface area contributed by atoms with Gasteiger partial charge in [-0.2, -0.15) is 0 Å². The van der Waals surface area contributed by atoms with Gasteiger partial charge < -0.3 is 15.4 Å². The van der Waals surface area contributed by atoms with E-state index in [0.717, 1.165) is 5.56 Å². The van der Waals surface area contributed by atoms with E-state index in [4.69, 9.17) is 27.9 Å². The Balaban J connectivity index is 1.69. The Morgan fingerprint density at radius 3 is 2.46 bits per heavy atom. The molecule has 0 spiro atoms. The number of carbonyl (C=O) groups excluding carboxylic acids is 2. The summed E-state index contributed by atoms with van der Waals surface area (Å²) in [6.07, 6.45) is 0. The summed E-state index contributed by atoms with van der Waals surface area (Å²) in [5, 5.41) is 5.99. The van der Waals surface area contributed by atoms with E-state index in [1.807, 2.05) is 30.3 Å². The first-order valence-electron chi connectivity index (χ1n) is 7.20. The zero-order valence-electron chi connectivity index (χ0n) is 12.7. The molecule has 126 valence electrons. The molecule has 0 aliphatic heterocycles. The lowest BCUT2D eigenvalue weighted by molar-refractivity contribution is -0.127. The Morgan fingerprint density at radius 2 is 1.71 bits per heavy atom. The van der Waals surface area contributed by atoms with Crippen LogP contribution in [0, 0.1) is 0 Å². The predicted octanol–water partition coefficient (Wildman–Crippen LogP) is 2.80. The first kappa shape index (κ1) is 18.1. The minimum Gasteiger partial charge on any atom is -0.482 e. The molecule has 5 nitrogen and oxygen atoms in total. The van der Waals surface area contributed by atoms with E-state index in [9.17, 15) is 9.59 Å². The molecule has 0 radical (unpaired) electrons. The molecule has 0 atom stereocenters. The lowest BCUT2D eigenvalue weighted by atomic mass is 10.2. The molecule has 2 aromatic rings. The van der Waals surface area contributed by atoms with Crippen molar-refractivity contribution in [1.82, 2.24) is 10.6 Å². The Hall–Kier alpha value is -2.24. The molecule has 7 heteroatoms. The lowest BCUT2D eigenvalue weighted by Crippen LogP contribution is -2.38. The van der Waals surface area contributed by atoms with Crippen LogP contribution in [0.2, 0.25) is 10.0 Å². The van der Waals surface area contributed by atoms with Gasteiger partial charge in [0.15, 0.2) is 6.61 Å². The van der Waals surface area contributed by atoms with E-state index in [0.29, 0.717) is 22.3 Å². The highest BCUT2D eigenvalue weighted by Gasteiger charge is 2.08. The molecule has 24 heavy (non-hydrogen) atoms. The molecule has 0 fully saturated rings. The lowest BCUT2D eigenvalue weighted by Gasteiger charge is -2.09. The number of benzene rings is 2. The second-order valence-electron chi connectivity index (χ2n) is 4.90. The van der Waals surface area contributed by atoms with Gasteiger partial charge in [0.2, 0.25) is 5.91 Å². The van der Waals surface area contributed by atoms with Crippen molar-refractivity contribution in [2.75, 3.05) is 13.2 Å². The molecule has 2 amide bonds. The third-order valence-corrected chi connectivity index (χ3v) is 3.58. The molecular formula is C17H16Cl2N2O3. The Kier molecular flexibility index (Phi) is 6.90. The van der Waals surface area contributed by atoms with Gasteiger partial charge in [0.1, 0.15) is 5.75 Å². The molecular weight excluding hydrogens is 351 g/mol. The molecule has 0 saturated carbocycles. The molecule has 0 heterocycles. The van der Waals surface area contributed by atoms with Gasteiger partial charge in [-0.15, -0.1) is 0 Å². The molecule has 0 aliphatic rings. The summed E-state index contributed by atoms with van der Waals surface area (Å²) >= 11 is 11.8. The third kappa shape index (κ3) is 6.10. The zero-order chi connectivity index (χ0) is 17.4. The van der Waals surface area contributed by atoms with Crippen LogP contribution < -0.4 is 15.4 Å². The van der Waals surface area contributed by atoms with Crippen LogP contribution in [0.5, 0.6) is 5.75 Å². The van der Waals surface area contributed by atoms with Crippen LogP contribution in [0.25, 0.3) is 0 Å². The predicted molar refractivity (Wildman–Crippen MR) is 93.3 cm³/mol.